The van der Waals surface area contributed by atoms with Gasteiger partial charge in [-0.05, 0) is 44.9 Å². The third kappa shape index (κ3) is 20.0. The molecule has 290 valence electrons. The van der Waals surface area contributed by atoms with Gasteiger partial charge in [0.25, 0.3) is 0 Å². The Morgan fingerprint density at radius 3 is 2.10 bits per heavy atom. The number of hydrogen-bond donors (Lipinski definition) is 5. The van der Waals surface area contributed by atoms with Crippen molar-refractivity contribution in [1.29, 1.82) is 0 Å². The van der Waals surface area contributed by atoms with E-state index in [1.165, 1.54) is 10.2 Å². The topological polar surface area (TPSA) is 198 Å². The van der Waals surface area contributed by atoms with Gasteiger partial charge in [0.2, 0.25) is 0 Å². The fourth-order valence-electron chi connectivity index (χ4n) is 4.58. The molecule has 14 nitrogen and oxygen atoms in total. The molecule has 0 saturated heterocycles. The van der Waals surface area contributed by atoms with Crippen LogP contribution >= 0.6 is 0 Å². The zero-order valence-corrected chi connectivity index (χ0v) is 33.7. The summed E-state index contributed by atoms with van der Waals surface area (Å²) in [4.78, 5) is 76.3. The number of nitrogens with one attached hydrogen (secondary N) is 4. The van der Waals surface area contributed by atoms with Crippen molar-refractivity contribution < 1.29 is 38.2 Å². The Labute approximate surface area is 306 Å². The second kappa shape index (κ2) is 22.2. The van der Waals surface area contributed by atoms with Gasteiger partial charge in [-0.25, -0.2) is 9.59 Å². The van der Waals surface area contributed by atoms with Gasteiger partial charge in [-0.1, -0.05) is 12.1 Å². The Morgan fingerprint density at radius 1 is 0.882 bits per heavy atom. The summed E-state index contributed by atoms with van der Waals surface area (Å²) < 4.78 is 10.5. The van der Waals surface area contributed by atoms with Gasteiger partial charge in [0.05, 0.1) is 12.0 Å². The zero-order chi connectivity index (χ0) is 38.8. The third-order valence-electron chi connectivity index (χ3n) is 7.70. The van der Waals surface area contributed by atoms with E-state index < -0.39 is 54.3 Å². The van der Waals surface area contributed by atoms with Crippen LogP contribution in [0.15, 0.2) is 24.3 Å². The molecule has 6 amide bonds. The Balaban J connectivity index is 2.79. The summed E-state index contributed by atoms with van der Waals surface area (Å²) in [5.74, 6) is 5.28. The Morgan fingerprint density at radius 2 is 1.53 bits per heavy atom. The molecule has 51 heavy (non-hydrogen) atoms. The van der Waals surface area contributed by atoms with E-state index in [4.69, 9.17) is 15.2 Å². The van der Waals surface area contributed by atoms with Gasteiger partial charge in [0.15, 0.2) is 0 Å². The van der Waals surface area contributed by atoms with Gasteiger partial charge in [-0.3, -0.25) is 9.59 Å². The van der Waals surface area contributed by atoms with E-state index in [0.717, 1.165) is 19.3 Å². The monoisotopic (exact) mass is 786 g/mol. The van der Waals surface area contributed by atoms with Crippen LogP contribution in [0.4, 0.5) is 15.3 Å². The molecule has 0 aromatic heterocycles. The van der Waals surface area contributed by atoms with Crippen LogP contribution in [0.3, 0.4) is 0 Å². The normalized spacial score (nSPS) is 13.0. The average molecular weight is 786 g/mol. The van der Waals surface area contributed by atoms with E-state index >= 15 is 0 Å². The summed E-state index contributed by atoms with van der Waals surface area (Å²) in [6.45, 7) is 9.30. The van der Waals surface area contributed by atoms with Gasteiger partial charge >= 0.3 is 156 Å². The van der Waals surface area contributed by atoms with Crippen LogP contribution in [-0.4, -0.2) is 92.4 Å². The van der Waals surface area contributed by atoms with Crippen molar-refractivity contribution >= 4 is 54.3 Å². The van der Waals surface area contributed by atoms with Crippen molar-refractivity contribution in [1.82, 2.24) is 20.9 Å². The number of amides is 6. The maximum absolute atomic E-state index is 13.4. The van der Waals surface area contributed by atoms with Crippen LogP contribution in [-0.2, 0) is 35.3 Å². The molecule has 0 aliphatic rings. The van der Waals surface area contributed by atoms with Crippen LogP contribution < -0.4 is 27.0 Å². The number of primary amides is 1. The maximum atomic E-state index is 13.4. The first-order valence-electron chi connectivity index (χ1n) is 17.4. The number of carbonyl (C=O) groups excluding carboxylic acids is 6. The van der Waals surface area contributed by atoms with Crippen molar-refractivity contribution in [3.05, 3.63) is 29.8 Å². The van der Waals surface area contributed by atoms with Crippen molar-refractivity contribution in [2.24, 2.45) is 17.1 Å². The minimum Gasteiger partial charge on any atom is -0.463 e. The number of ether oxygens (including phenoxy) is 2. The summed E-state index contributed by atoms with van der Waals surface area (Å²) in [6, 6.07) is 4.17. The first-order chi connectivity index (χ1) is 23.7. The molecule has 0 bridgehead atoms. The van der Waals surface area contributed by atoms with Crippen LogP contribution in [0.5, 0.6) is 0 Å². The van der Waals surface area contributed by atoms with Crippen LogP contribution in [0.1, 0.15) is 78.7 Å². The number of esters is 1. The van der Waals surface area contributed by atoms with Crippen molar-refractivity contribution in [2.75, 3.05) is 32.1 Å². The second-order valence-corrected chi connectivity index (χ2v) is 24.6. The molecule has 0 saturated carbocycles. The van der Waals surface area contributed by atoms with E-state index in [1.807, 2.05) is 13.8 Å². The quantitative estimate of drug-likeness (QED) is 0.0668. The molecule has 1 aromatic rings. The molecular weight excluding hydrogens is 723 g/mol. The molecule has 0 heterocycles. The first kappa shape index (κ1) is 45.2. The van der Waals surface area contributed by atoms with E-state index in [0.29, 0.717) is 24.1 Å². The first-order valence-corrected chi connectivity index (χ1v) is 23.8. The molecule has 6 N–H and O–H groups in total. The van der Waals surface area contributed by atoms with Gasteiger partial charge < -0.3 is 30.7 Å². The molecule has 0 fully saturated rings. The third-order valence-corrected chi connectivity index (χ3v) is 10.9. The summed E-state index contributed by atoms with van der Waals surface area (Å²) >= 11 is -1.29. The summed E-state index contributed by atoms with van der Waals surface area (Å²) in [5.41, 5.74) is 5.65. The number of rotatable bonds is 21. The number of unbranched alkanes of at least 4 members (excludes halogenated alkanes) is 2. The number of nitrogens with two attached hydrogens (primary N) is 1. The predicted molar refractivity (Wildman–Crippen MR) is 200 cm³/mol. The fourth-order valence-corrected chi connectivity index (χ4v) is 6.82. The zero-order valence-electron chi connectivity index (χ0n) is 32.0. The van der Waals surface area contributed by atoms with Gasteiger partial charge in [0.1, 0.15) is 13.2 Å². The smallest absolute Gasteiger partial charge is 0.463 e. The minimum atomic E-state index is -1.29. The Hall–Kier alpha value is -3.84. The number of urea groups is 1. The fraction of sp³-hybridized carbons (Fsp3) is 0.667. The van der Waals surface area contributed by atoms with E-state index in [1.54, 1.807) is 52.1 Å². The number of likely N-dealkylation sites (N-methyl/N-ethyl adjacent to an activating group) is 1. The van der Waals surface area contributed by atoms with Crippen LogP contribution in [0.2, 0.25) is 22.8 Å². The molecule has 2 atom stereocenters. The van der Waals surface area contributed by atoms with Crippen LogP contribution in [0, 0.1) is 11.3 Å². The molecule has 0 aliphatic carbocycles. The summed E-state index contributed by atoms with van der Waals surface area (Å²) in [5, 5.41) is 12.2. The van der Waals surface area contributed by atoms with E-state index in [2.05, 4.69) is 38.7 Å². The number of hydrogen-bond acceptors (Lipinski definition) is 8. The summed E-state index contributed by atoms with van der Waals surface area (Å²) in [6.07, 6.45) is 3.10. The van der Waals surface area contributed by atoms with E-state index in [9.17, 15) is 28.8 Å². The van der Waals surface area contributed by atoms with Gasteiger partial charge in [-0.15, -0.1) is 0 Å². The van der Waals surface area contributed by atoms with Gasteiger partial charge in [0, 0.05) is 19.3 Å². The molecular formula is C36H62N6O8Se. The van der Waals surface area contributed by atoms with Crippen LogP contribution in [0.25, 0.3) is 0 Å². The molecule has 1 aromatic carbocycles. The molecule has 1 rings (SSSR count). The minimum absolute atomic E-state index is 0.0221. The van der Waals surface area contributed by atoms with Crippen molar-refractivity contribution in [3.8, 4) is 0 Å². The van der Waals surface area contributed by atoms with Crippen molar-refractivity contribution in [3.63, 3.8) is 0 Å². The number of benzene rings is 1. The number of nitrogens with zero attached hydrogens (tertiary/aromatic N) is 1. The Kier molecular flexibility index (Phi) is 19.6. The molecule has 0 aliphatic heterocycles. The molecule has 1 unspecified atom stereocenters. The SMILES string of the molecule is CC(C)C(NC(=O)CCCCC[Se](C)(C)C)C(=O)N[C@@H](CCCNC(N)=O)C(=O)Nc1ccc(COC(=O)N(C)CCOC(=O)C(C)(C)C)cc1. The number of carbonyl (C=O) groups is 6. The van der Waals surface area contributed by atoms with Crippen molar-refractivity contribution in [2.45, 2.75) is 115 Å². The molecule has 0 spiro atoms. The second-order valence-electron chi connectivity index (χ2n) is 14.9. The van der Waals surface area contributed by atoms with Gasteiger partial charge in [-0.2, -0.15) is 0 Å². The summed E-state index contributed by atoms with van der Waals surface area (Å²) in [7, 11) is 1.54. The van der Waals surface area contributed by atoms with E-state index in [-0.39, 0.29) is 50.5 Å². The molecule has 0 radical (unpaired) electrons. The Bertz CT molecular complexity index is 1290. The predicted octanol–water partition coefficient (Wildman–Crippen LogP) is 4.76. The number of anilines is 1. The molecule has 15 heteroatoms. The standard InChI is InChI=1S/C36H62N6O8Se/c1-25(2)30(41-29(43)15-11-10-12-23-51(7,8)9)32(45)40-28(14-13-20-38-34(37)47)31(44)39-27-18-16-26(17-19-27)24-50-35(48)42(6)21-22-49-33(46)36(3,4)5/h16-19,25,28,30H,10-15,20-24H2,1-9H3,(H,39,44)(H,40,45)(H,41,43)(H3,37,38,47)/t28-,30?/m0/s1. The average Bonchev–Trinajstić information content (AvgIpc) is 3.02.